The fourth-order valence-electron chi connectivity index (χ4n) is 2.91. The van der Waals surface area contributed by atoms with Crippen molar-refractivity contribution in [3.63, 3.8) is 0 Å². The van der Waals surface area contributed by atoms with Gasteiger partial charge in [0.2, 0.25) is 0 Å². The maximum Gasteiger partial charge on any atom is 0.154 e. The molecule has 1 N–H and O–H groups in total. The van der Waals surface area contributed by atoms with Gasteiger partial charge >= 0.3 is 0 Å². The van der Waals surface area contributed by atoms with Crippen LogP contribution in [0.4, 0.5) is 5.82 Å². The number of fused-ring (bicyclic) bond motifs is 1. The van der Waals surface area contributed by atoms with Crippen molar-refractivity contribution in [1.82, 2.24) is 14.5 Å². The largest absolute Gasteiger partial charge is 0.367 e. The van der Waals surface area contributed by atoms with Crippen LogP contribution in [0.15, 0.2) is 18.6 Å². The summed E-state index contributed by atoms with van der Waals surface area (Å²) in [5, 5.41) is 3.53. The Kier molecular flexibility index (Phi) is 3.39. The van der Waals surface area contributed by atoms with Gasteiger partial charge in [-0.2, -0.15) is 11.8 Å². The van der Waals surface area contributed by atoms with Crippen LogP contribution in [-0.4, -0.2) is 32.1 Å². The Morgan fingerprint density at radius 2 is 2.16 bits per heavy atom. The molecule has 2 aromatic heterocycles. The molecule has 0 atom stereocenters. The molecular formula is C14H20N4S. The minimum atomic E-state index is 0.388. The first-order chi connectivity index (χ1) is 9.24. The summed E-state index contributed by atoms with van der Waals surface area (Å²) in [6.45, 7) is 0.983. The average molecular weight is 276 g/mol. The number of aromatic nitrogens is 3. The van der Waals surface area contributed by atoms with E-state index in [0.717, 1.165) is 23.4 Å². The Labute approximate surface area is 118 Å². The fourth-order valence-corrected chi connectivity index (χ4v) is 3.82. The Morgan fingerprint density at radius 1 is 1.37 bits per heavy atom. The van der Waals surface area contributed by atoms with Crippen molar-refractivity contribution >= 4 is 28.6 Å². The lowest BCUT2D eigenvalue weighted by Crippen LogP contribution is -2.30. The zero-order valence-electron chi connectivity index (χ0n) is 11.5. The third-order valence-electron chi connectivity index (χ3n) is 4.17. The maximum atomic E-state index is 4.45. The summed E-state index contributed by atoms with van der Waals surface area (Å²) in [5.74, 6) is 0.915. The van der Waals surface area contributed by atoms with E-state index in [1.165, 1.54) is 25.7 Å². The molecule has 0 aromatic carbocycles. The number of anilines is 1. The van der Waals surface area contributed by atoms with Gasteiger partial charge in [-0.05, 0) is 25.2 Å². The van der Waals surface area contributed by atoms with E-state index >= 15 is 0 Å². The SMILES string of the molecule is CSC1(CNc2nccc3c2ncn3C)CCCC1. The van der Waals surface area contributed by atoms with E-state index < -0.39 is 0 Å². The number of aryl methyl sites for hydroxylation is 1. The van der Waals surface area contributed by atoms with Gasteiger partial charge in [0.05, 0.1) is 11.8 Å². The molecule has 0 spiro atoms. The predicted molar refractivity (Wildman–Crippen MR) is 81.7 cm³/mol. The average Bonchev–Trinajstić information content (AvgIpc) is 3.05. The molecule has 1 saturated carbocycles. The van der Waals surface area contributed by atoms with E-state index in [1.807, 2.05) is 42.0 Å². The third-order valence-corrected chi connectivity index (χ3v) is 5.59. The van der Waals surface area contributed by atoms with Gasteiger partial charge in [0.25, 0.3) is 0 Å². The zero-order chi connectivity index (χ0) is 13.3. The van der Waals surface area contributed by atoms with Crippen LogP contribution in [0.25, 0.3) is 11.0 Å². The highest BCUT2D eigenvalue weighted by Crippen LogP contribution is 2.40. The van der Waals surface area contributed by atoms with Crippen molar-refractivity contribution in [3.05, 3.63) is 18.6 Å². The van der Waals surface area contributed by atoms with Crippen molar-refractivity contribution < 1.29 is 0 Å². The minimum absolute atomic E-state index is 0.388. The summed E-state index contributed by atoms with van der Waals surface area (Å²) in [6.07, 6.45) is 11.2. The molecule has 0 radical (unpaired) electrons. The molecule has 0 unspecified atom stereocenters. The lowest BCUT2D eigenvalue weighted by molar-refractivity contribution is 0.639. The second kappa shape index (κ2) is 5.04. The van der Waals surface area contributed by atoms with E-state index in [9.17, 15) is 0 Å². The van der Waals surface area contributed by atoms with Gasteiger partial charge in [-0.25, -0.2) is 9.97 Å². The monoisotopic (exact) mass is 276 g/mol. The summed E-state index contributed by atoms with van der Waals surface area (Å²) >= 11 is 1.99. The minimum Gasteiger partial charge on any atom is -0.367 e. The van der Waals surface area contributed by atoms with Crippen LogP contribution in [0.1, 0.15) is 25.7 Å². The lowest BCUT2D eigenvalue weighted by Gasteiger charge is -2.27. The van der Waals surface area contributed by atoms with E-state index in [-0.39, 0.29) is 0 Å². The fraction of sp³-hybridized carbons (Fsp3) is 0.571. The normalized spacial score (nSPS) is 18.0. The number of imidazole rings is 1. The number of thioether (sulfide) groups is 1. The van der Waals surface area contributed by atoms with Crippen molar-refractivity contribution in [2.45, 2.75) is 30.4 Å². The van der Waals surface area contributed by atoms with Gasteiger partial charge in [0.1, 0.15) is 5.52 Å². The van der Waals surface area contributed by atoms with E-state index in [0.29, 0.717) is 4.75 Å². The molecule has 5 heteroatoms. The summed E-state index contributed by atoms with van der Waals surface area (Å²) in [4.78, 5) is 8.89. The first-order valence-corrected chi connectivity index (χ1v) is 8.02. The number of pyridine rings is 1. The van der Waals surface area contributed by atoms with Gasteiger partial charge in [0.15, 0.2) is 5.82 Å². The molecule has 3 rings (SSSR count). The van der Waals surface area contributed by atoms with Crippen LogP contribution in [0, 0.1) is 0 Å². The smallest absolute Gasteiger partial charge is 0.154 e. The first kappa shape index (κ1) is 12.8. The number of nitrogens with zero attached hydrogens (tertiary/aromatic N) is 3. The Morgan fingerprint density at radius 3 is 2.89 bits per heavy atom. The van der Waals surface area contributed by atoms with Gasteiger partial charge < -0.3 is 9.88 Å². The van der Waals surface area contributed by atoms with E-state index in [4.69, 9.17) is 0 Å². The lowest BCUT2D eigenvalue weighted by atomic mass is 10.1. The summed E-state index contributed by atoms with van der Waals surface area (Å²) in [5.41, 5.74) is 2.10. The van der Waals surface area contributed by atoms with Gasteiger partial charge in [-0.3, -0.25) is 0 Å². The number of nitrogens with one attached hydrogen (secondary N) is 1. The third kappa shape index (κ3) is 2.31. The van der Waals surface area contributed by atoms with Crippen molar-refractivity contribution in [3.8, 4) is 0 Å². The van der Waals surface area contributed by atoms with Crippen LogP contribution in [-0.2, 0) is 7.05 Å². The molecule has 0 saturated heterocycles. The quantitative estimate of drug-likeness (QED) is 0.932. The van der Waals surface area contributed by atoms with Crippen LogP contribution < -0.4 is 5.32 Å². The van der Waals surface area contributed by atoms with Crippen LogP contribution in [0.2, 0.25) is 0 Å². The zero-order valence-corrected chi connectivity index (χ0v) is 12.3. The van der Waals surface area contributed by atoms with Crippen LogP contribution >= 0.6 is 11.8 Å². The summed E-state index contributed by atoms with van der Waals surface area (Å²) in [6, 6.07) is 2.01. The maximum absolute atomic E-state index is 4.45. The topological polar surface area (TPSA) is 42.7 Å². The van der Waals surface area contributed by atoms with E-state index in [2.05, 4.69) is 21.5 Å². The van der Waals surface area contributed by atoms with Crippen molar-refractivity contribution in [2.75, 3.05) is 18.1 Å². The second-order valence-electron chi connectivity index (χ2n) is 5.33. The van der Waals surface area contributed by atoms with Gasteiger partial charge in [0, 0.05) is 24.5 Å². The molecule has 1 fully saturated rings. The van der Waals surface area contributed by atoms with Gasteiger partial charge in [-0.1, -0.05) is 12.8 Å². The molecule has 102 valence electrons. The molecule has 4 nitrogen and oxygen atoms in total. The highest BCUT2D eigenvalue weighted by atomic mass is 32.2. The number of rotatable bonds is 4. The summed E-state index contributed by atoms with van der Waals surface area (Å²) < 4.78 is 2.42. The summed E-state index contributed by atoms with van der Waals surface area (Å²) in [7, 11) is 2.01. The second-order valence-corrected chi connectivity index (χ2v) is 6.60. The Hall–Kier alpha value is -1.23. The van der Waals surface area contributed by atoms with E-state index in [1.54, 1.807) is 0 Å². The van der Waals surface area contributed by atoms with Crippen molar-refractivity contribution in [1.29, 1.82) is 0 Å². The van der Waals surface area contributed by atoms with Gasteiger partial charge in [-0.15, -0.1) is 0 Å². The molecule has 2 heterocycles. The molecule has 0 amide bonds. The Bertz CT molecular complexity index is 572. The highest BCUT2D eigenvalue weighted by Gasteiger charge is 2.32. The highest BCUT2D eigenvalue weighted by molar-refractivity contribution is 8.00. The first-order valence-electron chi connectivity index (χ1n) is 6.79. The molecule has 0 bridgehead atoms. The number of hydrogen-bond acceptors (Lipinski definition) is 4. The predicted octanol–water partition coefficient (Wildman–Crippen LogP) is 3.06. The molecule has 1 aliphatic carbocycles. The van der Waals surface area contributed by atoms with Crippen LogP contribution in [0.5, 0.6) is 0 Å². The van der Waals surface area contributed by atoms with Crippen molar-refractivity contribution in [2.24, 2.45) is 7.05 Å². The molecule has 19 heavy (non-hydrogen) atoms. The molecular weight excluding hydrogens is 256 g/mol. The molecule has 1 aliphatic rings. The molecule has 0 aliphatic heterocycles. The number of hydrogen-bond donors (Lipinski definition) is 1. The van der Waals surface area contributed by atoms with Crippen LogP contribution in [0.3, 0.4) is 0 Å². The standard InChI is InChI=1S/C14H20N4S/c1-18-10-17-12-11(18)5-8-15-13(12)16-9-14(19-2)6-3-4-7-14/h5,8,10H,3-4,6-7,9H2,1-2H3,(H,15,16). The Balaban J connectivity index is 1.82. The molecule has 2 aromatic rings.